The predicted octanol–water partition coefficient (Wildman–Crippen LogP) is 0.290. The first-order valence-corrected chi connectivity index (χ1v) is 8.02. The Morgan fingerprint density at radius 1 is 1.35 bits per heavy atom. The fraction of sp³-hybridized carbons (Fsp3) is 0.933. The molecule has 0 aromatic heterocycles. The zero-order valence-corrected chi connectivity index (χ0v) is 12.8. The van der Waals surface area contributed by atoms with Gasteiger partial charge in [0.1, 0.15) is 0 Å². The molecule has 2 rings (SSSR count). The molecule has 0 radical (unpaired) electrons. The van der Waals surface area contributed by atoms with Crippen molar-refractivity contribution < 1.29 is 9.90 Å². The molecule has 5 nitrogen and oxygen atoms in total. The van der Waals surface area contributed by atoms with Crippen LogP contribution >= 0.6 is 0 Å². The van der Waals surface area contributed by atoms with E-state index in [1.807, 2.05) is 4.90 Å². The lowest BCUT2D eigenvalue weighted by Crippen LogP contribution is -2.54. The van der Waals surface area contributed by atoms with Crippen molar-refractivity contribution in [2.24, 2.45) is 5.92 Å². The second-order valence-corrected chi connectivity index (χ2v) is 6.18. The summed E-state index contributed by atoms with van der Waals surface area (Å²) in [5, 5.41) is 12.8. The number of aliphatic hydroxyl groups excluding tert-OH is 1. The van der Waals surface area contributed by atoms with Crippen molar-refractivity contribution in [1.29, 1.82) is 0 Å². The van der Waals surface area contributed by atoms with Crippen LogP contribution in [0.2, 0.25) is 0 Å². The minimum absolute atomic E-state index is 0.206. The minimum Gasteiger partial charge on any atom is -0.395 e. The number of nitrogens with one attached hydrogen (secondary N) is 1. The summed E-state index contributed by atoms with van der Waals surface area (Å²) in [6.45, 7) is 8.85. The van der Waals surface area contributed by atoms with Crippen LogP contribution in [0.3, 0.4) is 0 Å². The molecule has 0 spiro atoms. The summed E-state index contributed by atoms with van der Waals surface area (Å²) < 4.78 is 0. The predicted molar refractivity (Wildman–Crippen MR) is 79.5 cm³/mol. The first kappa shape index (κ1) is 15.7. The molecule has 0 bridgehead atoms. The van der Waals surface area contributed by atoms with Crippen molar-refractivity contribution >= 4 is 5.91 Å². The van der Waals surface area contributed by atoms with E-state index in [1.165, 1.54) is 0 Å². The molecule has 0 aromatic carbocycles. The number of piperidine rings is 1. The highest BCUT2D eigenvalue weighted by Gasteiger charge is 2.31. The molecule has 0 aliphatic carbocycles. The van der Waals surface area contributed by atoms with Gasteiger partial charge in [0.25, 0.3) is 0 Å². The Labute approximate surface area is 122 Å². The highest BCUT2D eigenvalue weighted by atomic mass is 16.3. The zero-order valence-electron chi connectivity index (χ0n) is 12.8. The van der Waals surface area contributed by atoms with E-state index < -0.39 is 0 Å². The number of aliphatic hydroxyl groups is 1. The maximum atomic E-state index is 12.5. The summed E-state index contributed by atoms with van der Waals surface area (Å²) in [7, 11) is 0. The monoisotopic (exact) mass is 283 g/mol. The molecule has 1 unspecified atom stereocenters. The Hall–Kier alpha value is -0.650. The molecule has 3 atom stereocenters. The molecule has 2 saturated heterocycles. The molecule has 2 aliphatic rings. The molecule has 0 aromatic rings. The lowest BCUT2D eigenvalue weighted by atomic mass is 9.92. The van der Waals surface area contributed by atoms with Crippen LogP contribution in [0.4, 0.5) is 0 Å². The van der Waals surface area contributed by atoms with Gasteiger partial charge < -0.3 is 15.3 Å². The Morgan fingerprint density at radius 3 is 2.60 bits per heavy atom. The Bertz CT molecular complexity index is 312. The molecular formula is C15H29N3O2. The lowest BCUT2D eigenvalue weighted by Gasteiger charge is -2.40. The maximum Gasteiger partial charge on any atom is 0.225 e. The first-order chi connectivity index (χ1) is 9.65. The summed E-state index contributed by atoms with van der Waals surface area (Å²) in [5.41, 5.74) is 0. The number of rotatable bonds is 4. The third-order valence-corrected chi connectivity index (χ3v) is 4.80. The van der Waals surface area contributed by atoms with E-state index in [0.29, 0.717) is 11.9 Å². The Morgan fingerprint density at radius 2 is 2.05 bits per heavy atom. The third kappa shape index (κ3) is 3.71. The van der Waals surface area contributed by atoms with E-state index in [2.05, 4.69) is 24.1 Å². The number of piperazine rings is 1. The molecule has 2 heterocycles. The van der Waals surface area contributed by atoms with Crippen LogP contribution in [-0.2, 0) is 4.79 Å². The van der Waals surface area contributed by atoms with Gasteiger partial charge in [0.15, 0.2) is 0 Å². The van der Waals surface area contributed by atoms with Crippen LogP contribution in [0.1, 0.15) is 33.1 Å². The van der Waals surface area contributed by atoms with E-state index >= 15 is 0 Å². The van der Waals surface area contributed by atoms with Gasteiger partial charge in [0.2, 0.25) is 5.91 Å². The summed E-state index contributed by atoms with van der Waals surface area (Å²) in [5.74, 6) is 0.549. The molecule has 2 aliphatic heterocycles. The van der Waals surface area contributed by atoms with Gasteiger partial charge in [-0.05, 0) is 32.7 Å². The summed E-state index contributed by atoms with van der Waals surface area (Å²) >= 11 is 0. The van der Waals surface area contributed by atoms with Crippen LogP contribution in [0.25, 0.3) is 0 Å². The van der Waals surface area contributed by atoms with Crippen molar-refractivity contribution in [1.82, 2.24) is 15.1 Å². The van der Waals surface area contributed by atoms with Crippen molar-refractivity contribution in [3.63, 3.8) is 0 Å². The molecule has 5 heteroatoms. The molecule has 1 amide bonds. The van der Waals surface area contributed by atoms with Crippen molar-refractivity contribution in [2.75, 3.05) is 39.3 Å². The molecule has 20 heavy (non-hydrogen) atoms. The summed E-state index contributed by atoms with van der Waals surface area (Å²) in [6, 6.07) is 0.712. The Kier molecular flexibility index (Phi) is 5.81. The molecule has 2 fully saturated rings. The highest BCUT2D eigenvalue weighted by Crippen LogP contribution is 2.20. The van der Waals surface area contributed by atoms with Gasteiger partial charge in [0, 0.05) is 44.2 Å². The average Bonchev–Trinajstić information content (AvgIpc) is 2.48. The standard InChI is InChI=1S/C15H29N3O2/c1-3-14(11-19)17-6-8-18(9-7-17)15(20)13-4-5-16-12(2)10-13/h12-14,16,19H,3-11H2,1-2H3/t12-,13-,14?/m0/s1. The van der Waals surface area contributed by atoms with Gasteiger partial charge in [-0.15, -0.1) is 0 Å². The molecule has 116 valence electrons. The van der Waals surface area contributed by atoms with Crippen molar-refractivity contribution in [3.8, 4) is 0 Å². The highest BCUT2D eigenvalue weighted by molar-refractivity contribution is 5.79. The molecular weight excluding hydrogens is 254 g/mol. The number of carbonyl (C=O) groups is 1. The van der Waals surface area contributed by atoms with Crippen LogP contribution in [-0.4, -0.2) is 72.2 Å². The molecule has 0 saturated carbocycles. The zero-order chi connectivity index (χ0) is 14.5. The van der Waals surface area contributed by atoms with Crippen LogP contribution in [0.5, 0.6) is 0 Å². The van der Waals surface area contributed by atoms with Gasteiger partial charge in [-0.3, -0.25) is 9.69 Å². The van der Waals surface area contributed by atoms with Crippen LogP contribution in [0, 0.1) is 5.92 Å². The fourth-order valence-corrected chi connectivity index (χ4v) is 3.42. The van der Waals surface area contributed by atoms with E-state index in [1.54, 1.807) is 0 Å². The third-order valence-electron chi connectivity index (χ3n) is 4.80. The second kappa shape index (κ2) is 7.38. The number of nitrogens with zero attached hydrogens (tertiary/aromatic N) is 2. The minimum atomic E-state index is 0.206. The largest absolute Gasteiger partial charge is 0.395 e. The van der Waals surface area contributed by atoms with Gasteiger partial charge in [-0.1, -0.05) is 6.92 Å². The number of amides is 1. The van der Waals surface area contributed by atoms with Crippen LogP contribution in [0.15, 0.2) is 0 Å². The SMILES string of the molecule is CCC(CO)N1CCN(C(=O)[C@H]2CCN[C@@H](C)C2)CC1. The maximum absolute atomic E-state index is 12.5. The fourth-order valence-electron chi connectivity index (χ4n) is 3.42. The topological polar surface area (TPSA) is 55.8 Å². The van der Waals surface area contributed by atoms with Gasteiger partial charge in [-0.25, -0.2) is 0 Å². The van der Waals surface area contributed by atoms with E-state index in [4.69, 9.17) is 0 Å². The summed E-state index contributed by atoms with van der Waals surface area (Å²) in [4.78, 5) is 16.9. The van der Waals surface area contributed by atoms with Crippen molar-refractivity contribution in [2.45, 2.75) is 45.2 Å². The van der Waals surface area contributed by atoms with Crippen LogP contribution < -0.4 is 5.32 Å². The first-order valence-electron chi connectivity index (χ1n) is 8.02. The van der Waals surface area contributed by atoms with E-state index in [0.717, 1.165) is 52.0 Å². The number of hydrogen-bond donors (Lipinski definition) is 2. The van der Waals surface area contributed by atoms with E-state index in [9.17, 15) is 9.90 Å². The quantitative estimate of drug-likeness (QED) is 0.779. The average molecular weight is 283 g/mol. The van der Waals surface area contributed by atoms with E-state index in [-0.39, 0.29) is 18.6 Å². The normalized spacial score (nSPS) is 30.2. The lowest BCUT2D eigenvalue weighted by molar-refractivity contribution is -0.139. The second-order valence-electron chi connectivity index (χ2n) is 6.18. The summed E-state index contributed by atoms with van der Waals surface area (Å²) in [6.07, 6.45) is 2.90. The number of carbonyl (C=O) groups excluding carboxylic acids is 1. The molecule has 2 N–H and O–H groups in total. The van der Waals surface area contributed by atoms with Gasteiger partial charge in [0.05, 0.1) is 6.61 Å². The number of hydrogen-bond acceptors (Lipinski definition) is 4. The van der Waals surface area contributed by atoms with Gasteiger partial charge in [-0.2, -0.15) is 0 Å². The van der Waals surface area contributed by atoms with Crippen molar-refractivity contribution in [3.05, 3.63) is 0 Å². The van der Waals surface area contributed by atoms with Gasteiger partial charge >= 0.3 is 0 Å². The smallest absolute Gasteiger partial charge is 0.225 e. The Balaban J connectivity index is 1.82.